The van der Waals surface area contributed by atoms with E-state index in [2.05, 4.69) is 15.4 Å². The molecule has 26 heavy (non-hydrogen) atoms. The van der Waals surface area contributed by atoms with Crippen LogP contribution in [0.3, 0.4) is 0 Å². The van der Waals surface area contributed by atoms with Crippen molar-refractivity contribution in [3.63, 3.8) is 0 Å². The maximum Gasteiger partial charge on any atom is 0.295 e. The number of aromatic nitrogens is 3. The third-order valence-electron chi connectivity index (χ3n) is 3.68. The summed E-state index contributed by atoms with van der Waals surface area (Å²) in [6, 6.07) is 10.8. The van der Waals surface area contributed by atoms with Crippen molar-refractivity contribution in [1.29, 1.82) is 0 Å². The number of methoxy groups -OCH3 is 2. The van der Waals surface area contributed by atoms with Gasteiger partial charge in [-0.25, -0.2) is 14.1 Å². The Morgan fingerprint density at radius 3 is 2.42 bits per heavy atom. The van der Waals surface area contributed by atoms with Crippen LogP contribution in [0.25, 0.3) is 5.69 Å². The Kier molecular flexibility index (Phi) is 4.83. The average Bonchev–Trinajstić information content (AvgIpc) is 3.04. The second kappa shape index (κ2) is 7.22. The Morgan fingerprint density at radius 1 is 1.08 bits per heavy atom. The van der Waals surface area contributed by atoms with E-state index in [-0.39, 0.29) is 11.6 Å². The fraction of sp³-hybridized carbons (Fsp3) is 0.167. The first kappa shape index (κ1) is 17.4. The number of nitrogens with zero attached hydrogens (tertiary/aromatic N) is 3. The molecule has 0 radical (unpaired) electrons. The fourth-order valence-electron chi connectivity index (χ4n) is 2.41. The lowest BCUT2D eigenvalue weighted by molar-refractivity contribution is 0.101. The molecule has 0 saturated carbocycles. The molecule has 0 saturated heterocycles. The number of amides is 1. The van der Waals surface area contributed by atoms with Gasteiger partial charge in [0.1, 0.15) is 11.6 Å². The van der Waals surface area contributed by atoms with Crippen LogP contribution in [0.4, 0.5) is 10.1 Å². The summed E-state index contributed by atoms with van der Waals surface area (Å²) in [4.78, 5) is 16.6. The molecule has 8 heteroatoms. The van der Waals surface area contributed by atoms with Gasteiger partial charge in [-0.1, -0.05) is 0 Å². The molecular weight excluding hydrogens is 339 g/mol. The van der Waals surface area contributed by atoms with Crippen LogP contribution < -0.4 is 14.8 Å². The number of aryl methyl sites for hydroxylation is 1. The topological polar surface area (TPSA) is 78.3 Å². The zero-order chi connectivity index (χ0) is 18.7. The quantitative estimate of drug-likeness (QED) is 0.760. The van der Waals surface area contributed by atoms with Crippen LogP contribution in [0, 0.1) is 12.7 Å². The average molecular weight is 356 g/mol. The summed E-state index contributed by atoms with van der Waals surface area (Å²) in [6.45, 7) is 1.71. The van der Waals surface area contributed by atoms with E-state index < -0.39 is 5.91 Å². The Balaban J connectivity index is 1.83. The van der Waals surface area contributed by atoms with Crippen LogP contribution in [0.1, 0.15) is 16.4 Å². The van der Waals surface area contributed by atoms with E-state index in [9.17, 15) is 9.18 Å². The Morgan fingerprint density at radius 2 is 1.77 bits per heavy atom. The number of rotatable bonds is 5. The van der Waals surface area contributed by atoms with E-state index in [0.29, 0.717) is 28.7 Å². The lowest BCUT2D eigenvalue weighted by atomic mass is 10.2. The minimum atomic E-state index is -0.471. The van der Waals surface area contributed by atoms with E-state index in [4.69, 9.17) is 9.47 Å². The molecule has 3 rings (SSSR count). The van der Waals surface area contributed by atoms with Gasteiger partial charge in [-0.2, -0.15) is 0 Å². The molecular formula is C18H17FN4O3. The number of halogens is 1. The van der Waals surface area contributed by atoms with Crippen LogP contribution in [-0.2, 0) is 0 Å². The molecule has 0 bridgehead atoms. The second-order valence-electron chi connectivity index (χ2n) is 5.39. The van der Waals surface area contributed by atoms with Gasteiger partial charge < -0.3 is 14.8 Å². The molecule has 1 amide bonds. The summed E-state index contributed by atoms with van der Waals surface area (Å²) in [7, 11) is 3.05. The third-order valence-corrected chi connectivity index (χ3v) is 3.68. The smallest absolute Gasteiger partial charge is 0.295 e. The largest absolute Gasteiger partial charge is 0.493 e. The zero-order valence-corrected chi connectivity index (χ0v) is 14.5. The van der Waals surface area contributed by atoms with Crippen molar-refractivity contribution < 1.29 is 18.7 Å². The maximum absolute atomic E-state index is 13.1. The van der Waals surface area contributed by atoms with E-state index in [1.807, 2.05) is 0 Å². The van der Waals surface area contributed by atoms with Crippen molar-refractivity contribution in [1.82, 2.24) is 14.8 Å². The van der Waals surface area contributed by atoms with Crippen molar-refractivity contribution in [2.24, 2.45) is 0 Å². The minimum Gasteiger partial charge on any atom is -0.493 e. The predicted octanol–water partition coefficient (Wildman–Crippen LogP) is 2.98. The number of nitrogens with one attached hydrogen (secondary N) is 1. The molecule has 0 fully saturated rings. The van der Waals surface area contributed by atoms with Crippen LogP contribution in [0.5, 0.6) is 11.5 Å². The molecule has 7 nitrogen and oxygen atoms in total. The molecule has 3 aromatic rings. The van der Waals surface area contributed by atoms with E-state index in [1.54, 1.807) is 37.3 Å². The van der Waals surface area contributed by atoms with Crippen molar-refractivity contribution in [3.8, 4) is 17.2 Å². The molecule has 1 aromatic heterocycles. The van der Waals surface area contributed by atoms with Crippen molar-refractivity contribution in [2.45, 2.75) is 6.92 Å². The summed E-state index contributed by atoms with van der Waals surface area (Å²) in [5.74, 6) is 0.737. The first-order valence-corrected chi connectivity index (χ1v) is 7.75. The lowest BCUT2D eigenvalue weighted by Gasteiger charge is -2.09. The fourth-order valence-corrected chi connectivity index (χ4v) is 2.41. The van der Waals surface area contributed by atoms with Crippen molar-refractivity contribution in [2.75, 3.05) is 19.5 Å². The van der Waals surface area contributed by atoms with E-state index in [0.717, 1.165) is 0 Å². The molecule has 1 heterocycles. The zero-order valence-electron chi connectivity index (χ0n) is 14.5. The SMILES string of the molecule is COc1ccc(NC(=O)c2nc(C)n(-c3ccc(F)cc3)n2)cc1OC. The van der Waals surface area contributed by atoms with Crippen LogP contribution in [-0.4, -0.2) is 34.9 Å². The maximum atomic E-state index is 13.1. The molecule has 134 valence electrons. The van der Waals surface area contributed by atoms with Crippen LogP contribution in [0.2, 0.25) is 0 Å². The highest BCUT2D eigenvalue weighted by atomic mass is 19.1. The van der Waals surface area contributed by atoms with E-state index >= 15 is 0 Å². The van der Waals surface area contributed by atoms with Gasteiger partial charge in [-0.3, -0.25) is 4.79 Å². The second-order valence-corrected chi connectivity index (χ2v) is 5.39. The van der Waals surface area contributed by atoms with Crippen LogP contribution in [0.15, 0.2) is 42.5 Å². The molecule has 0 spiro atoms. The Hall–Kier alpha value is -3.42. The van der Waals surface area contributed by atoms with Gasteiger partial charge in [0, 0.05) is 11.8 Å². The number of anilines is 1. The number of hydrogen-bond acceptors (Lipinski definition) is 5. The normalized spacial score (nSPS) is 10.5. The highest BCUT2D eigenvalue weighted by Crippen LogP contribution is 2.29. The van der Waals surface area contributed by atoms with Crippen LogP contribution >= 0.6 is 0 Å². The highest BCUT2D eigenvalue weighted by molar-refractivity contribution is 6.01. The number of carbonyl (C=O) groups excluding carboxylic acids is 1. The summed E-state index contributed by atoms with van der Waals surface area (Å²) < 4.78 is 24.9. The molecule has 0 unspecified atom stereocenters. The summed E-state index contributed by atoms with van der Waals surface area (Å²) >= 11 is 0. The molecule has 0 atom stereocenters. The van der Waals surface area contributed by atoms with Gasteiger partial charge in [-0.15, -0.1) is 5.10 Å². The van der Waals surface area contributed by atoms with Gasteiger partial charge in [-0.05, 0) is 43.3 Å². The summed E-state index contributed by atoms with van der Waals surface area (Å²) in [5.41, 5.74) is 1.13. The van der Waals surface area contributed by atoms with Crippen molar-refractivity contribution in [3.05, 3.63) is 59.9 Å². The number of benzene rings is 2. The number of carbonyl (C=O) groups is 1. The Bertz CT molecular complexity index is 938. The molecule has 2 aromatic carbocycles. The molecule has 1 N–H and O–H groups in total. The molecule has 0 aliphatic carbocycles. The number of ether oxygens (including phenoxy) is 2. The third kappa shape index (κ3) is 3.49. The first-order chi connectivity index (χ1) is 12.5. The van der Waals surface area contributed by atoms with Gasteiger partial charge in [0.25, 0.3) is 5.91 Å². The molecule has 0 aliphatic heterocycles. The first-order valence-electron chi connectivity index (χ1n) is 7.75. The summed E-state index contributed by atoms with van der Waals surface area (Å²) in [5, 5.41) is 6.91. The van der Waals surface area contributed by atoms with Gasteiger partial charge in [0.2, 0.25) is 5.82 Å². The van der Waals surface area contributed by atoms with Crippen molar-refractivity contribution >= 4 is 11.6 Å². The van der Waals surface area contributed by atoms with Gasteiger partial charge in [0.15, 0.2) is 11.5 Å². The molecule has 0 aliphatic rings. The van der Waals surface area contributed by atoms with Gasteiger partial charge >= 0.3 is 0 Å². The lowest BCUT2D eigenvalue weighted by Crippen LogP contribution is -2.14. The monoisotopic (exact) mass is 356 g/mol. The minimum absolute atomic E-state index is 0.00149. The number of hydrogen-bond donors (Lipinski definition) is 1. The van der Waals surface area contributed by atoms with E-state index in [1.165, 1.54) is 31.0 Å². The van der Waals surface area contributed by atoms with Gasteiger partial charge in [0.05, 0.1) is 19.9 Å². The Labute approximate surface area is 149 Å². The summed E-state index contributed by atoms with van der Waals surface area (Å²) in [6.07, 6.45) is 0. The predicted molar refractivity (Wildman–Crippen MR) is 93.6 cm³/mol. The standard InChI is InChI=1S/C18H17FN4O3/c1-11-20-17(22-23(11)14-7-4-12(19)5-8-14)18(24)21-13-6-9-15(25-2)16(10-13)26-3/h4-10H,1-3H3,(H,21,24). The highest BCUT2D eigenvalue weighted by Gasteiger charge is 2.16.